The van der Waals surface area contributed by atoms with Gasteiger partial charge in [-0.25, -0.2) is 4.98 Å². The van der Waals surface area contributed by atoms with Crippen LogP contribution in [0.2, 0.25) is 0 Å². The highest BCUT2D eigenvalue weighted by molar-refractivity contribution is 7.22. The molecule has 0 bridgehead atoms. The third-order valence-electron chi connectivity index (χ3n) is 2.22. The highest BCUT2D eigenvalue weighted by atomic mass is 32.1. The van der Waals surface area contributed by atoms with E-state index in [1.807, 2.05) is 18.2 Å². The van der Waals surface area contributed by atoms with E-state index in [0.717, 1.165) is 22.4 Å². The van der Waals surface area contributed by atoms with Crippen LogP contribution in [0.4, 0.5) is 5.13 Å². The van der Waals surface area contributed by atoms with Gasteiger partial charge in [-0.2, -0.15) is 0 Å². The molecule has 0 atom stereocenters. The number of aliphatic carboxylic acids is 1. The summed E-state index contributed by atoms with van der Waals surface area (Å²) in [6.45, 7) is 2.62. The number of hydrogen-bond acceptors (Lipinski definition) is 5. The standard InChI is InChI=1S/C12H14N2O3S/c1-2-5-17-8-3-4-9-10(6-8)18-12(14-9)13-7-11(15)16/h3-4,6H,2,5,7H2,1H3,(H,13,14)(H,15,16). The topological polar surface area (TPSA) is 71.5 Å². The number of thiazole rings is 1. The Kier molecular flexibility index (Phi) is 3.99. The van der Waals surface area contributed by atoms with Gasteiger partial charge in [-0.1, -0.05) is 18.3 Å². The molecule has 6 heteroatoms. The van der Waals surface area contributed by atoms with Crippen LogP contribution in [0.3, 0.4) is 0 Å². The third-order valence-corrected chi connectivity index (χ3v) is 3.20. The summed E-state index contributed by atoms with van der Waals surface area (Å²) in [5.41, 5.74) is 0.844. The second-order valence-corrected chi connectivity index (χ2v) is 4.77. The van der Waals surface area contributed by atoms with E-state index >= 15 is 0 Å². The summed E-state index contributed by atoms with van der Waals surface area (Å²) in [7, 11) is 0. The largest absolute Gasteiger partial charge is 0.494 e. The molecule has 2 N–H and O–H groups in total. The summed E-state index contributed by atoms with van der Waals surface area (Å²) in [4.78, 5) is 14.7. The first-order chi connectivity index (χ1) is 8.69. The van der Waals surface area contributed by atoms with Gasteiger partial charge in [0.05, 0.1) is 16.8 Å². The van der Waals surface area contributed by atoms with Crippen LogP contribution in [0.25, 0.3) is 10.2 Å². The van der Waals surface area contributed by atoms with Crippen molar-refractivity contribution in [3.63, 3.8) is 0 Å². The van der Waals surface area contributed by atoms with Crippen molar-refractivity contribution in [2.75, 3.05) is 18.5 Å². The zero-order valence-corrected chi connectivity index (χ0v) is 10.8. The quantitative estimate of drug-likeness (QED) is 0.840. The van der Waals surface area contributed by atoms with Crippen LogP contribution >= 0.6 is 11.3 Å². The van der Waals surface area contributed by atoms with Crippen LogP contribution in [0.1, 0.15) is 13.3 Å². The van der Waals surface area contributed by atoms with Crippen molar-refractivity contribution in [1.82, 2.24) is 4.98 Å². The Bertz CT molecular complexity index is 553. The highest BCUT2D eigenvalue weighted by Crippen LogP contribution is 2.29. The first-order valence-electron chi connectivity index (χ1n) is 5.68. The summed E-state index contributed by atoms with van der Waals surface area (Å²) in [6, 6.07) is 5.68. The maximum atomic E-state index is 10.5. The zero-order valence-electron chi connectivity index (χ0n) is 9.97. The molecular weight excluding hydrogens is 252 g/mol. The fourth-order valence-corrected chi connectivity index (χ4v) is 2.33. The minimum absolute atomic E-state index is 0.126. The number of benzene rings is 1. The average Bonchev–Trinajstić information content (AvgIpc) is 2.75. The number of anilines is 1. The number of fused-ring (bicyclic) bond motifs is 1. The molecule has 1 heterocycles. The number of carbonyl (C=O) groups is 1. The van der Waals surface area contributed by atoms with Gasteiger partial charge >= 0.3 is 5.97 Å². The lowest BCUT2D eigenvalue weighted by molar-refractivity contribution is -0.134. The van der Waals surface area contributed by atoms with Gasteiger partial charge in [0.2, 0.25) is 0 Å². The zero-order chi connectivity index (χ0) is 13.0. The maximum absolute atomic E-state index is 10.5. The maximum Gasteiger partial charge on any atom is 0.322 e. The van der Waals surface area contributed by atoms with E-state index in [0.29, 0.717) is 11.7 Å². The summed E-state index contributed by atoms with van der Waals surface area (Å²) in [5, 5.41) is 12.0. The molecule has 18 heavy (non-hydrogen) atoms. The molecule has 0 saturated heterocycles. The van der Waals surface area contributed by atoms with Gasteiger partial charge in [0, 0.05) is 0 Å². The van der Waals surface area contributed by atoms with E-state index < -0.39 is 5.97 Å². The van der Waals surface area contributed by atoms with Crippen molar-refractivity contribution in [2.45, 2.75) is 13.3 Å². The normalized spacial score (nSPS) is 10.5. The Hall–Kier alpha value is -1.82. The second kappa shape index (κ2) is 5.68. The lowest BCUT2D eigenvalue weighted by Crippen LogP contribution is -2.11. The fourth-order valence-electron chi connectivity index (χ4n) is 1.44. The van der Waals surface area contributed by atoms with E-state index in [1.165, 1.54) is 11.3 Å². The number of nitrogens with zero attached hydrogens (tertiary/aromatic N) is 1. The lowest BCUT2D eigenvalue weighted by atomic mass is 10.3. The van der Waals surface area contributed by atoms with Crippen molar-refractivity contribution in [2.24, 2.45) is 0 Å². The monoisotopic (exact) mass is 266 g/mol. The summed E-state index contributed by atoms with van der Waals surface area (Å²) < 4.78 is 6.52. The molecule has 0 spiro atoms. The van der Waals surface area contributed by atoms with Crippen molar-refractivity contribution >= 4 is 32.7 Å². The molecule has 0 saturated carbocycles. The molecule has 2 aromatic rings. The molecule has 1 aromatic carbocycles. The van der Waals surface area contributed by atoms with E-state index in [9.17, 15) is 4.79 Å². The average molecular weight is 266 g/mol. The first kappa shape index (κ1) is 12.6. The molecule has 0 aliphatic rings. The SMILES string of the molecule is CCCOc1ccc2nc(NCC(=O)O)sc2c1. The molecule has 0 radical (unpaired) electrons. The minimum atomic E-state index is -0.902. The van der Waals surface area contributed by atoms with E-state index in [4.69, 9.17) is 9.84 Å². The van der Waals surface area contributed by atoms with Crippen molar-refractivity contribution in [3.05, 3.63) is 18.2 Å². The Morgan fingerprint density at radius 3 is 3.11 bits per heavy atom. The van der Waals surface area contributed by atoms with Crippen LogP contribution < -0.4 is 10.1 Å². The van der Waals surface area contributed by atoms with Gasteiger partial charge in [0.1, 0.15) is 12.3 Å². The van der Waals surface area contributed by atoms with Crippen LogP contribution in [0.15, 0.2) is 18.2 Å². The number of carboxylic acids is 1. The minimum Gasteiger partial charge on any atom is -0.494 e. The van der Waals surface area contributed by atoms with Gasteiger partial charge in [-0.3, -0.25) is 4.79 Å². The van der Waals surface area contributed by atoms with Gasteiger partial charge in [-0.15, -0.1) is 0 Å². The highest BCUT2D eigenvalue weighted by Gasteiger charge is 2.06. The van der Waals surface area contributed by atoms with Gasteiger partial charge in [0.25, 0.3) is 0 Å². The molecule has 0 amide bonds. The fraction of sp³-hybridized carbons (Fsp3) is 0.333. The first-order valence-corrected chi connectivity index (χ1v) is 6.49. The predicted octanol–water partition coefficient (Wildman–Crippen LogP) is 2.58. The smallest absolute Gasteiger partial charge is 0.322 e. The molecule has 1 aromatic heterocycles. The van der Waals surface area contributed by atoms with Crippen LogP contribution in [0.5, 0.6) is 5.75 Å². The lowest BCUT2D eigenvalue weighted by Gasteiger charge is -2.02. The second-order valence-electron chi connectivity index (χ2n) is 3.74. The Labute approximate surface area is 108 Å². The van der Waals surface area contributed by atoms with E-state index in [2.05, 4.69) is 17.2 Å². The molecule has 5 nitrogen and oxygen atoms in total. The molecule has 0 unspecified atom stereocenters. The molecule has 0 aliphatic heterocycles. The van der Waals surface area contributed by atoms with Crippen LogP contribution in [-0.4, -0.2) is 29.2 Å². The molecular formula is C12H14N2O3S. The van der Waals surface area contributed by atoms with E-state index in [-0.39, 0.29) is 6.54 Å². The Balaban J connectivity index is 2.14. The molecule has 0 aliphatic carbocycles. The number of nitrogens with one attached hydrogen (secondary N) is 1. The number of aromatic nitrogens is 1. The number of rotatable bonds is 6. The van der Waals surface area contributed by atoms with Crippen molar-refractivity contribution in [3.8, 4) is 5.75 Å². The summed E-state index contributed by atoms with van der Waals surface area (Å²) in [5.74, 6) is -0.0843. The molecule has 96 valence electrons. The van der Waals surface area contributed by atoms with Crippen molar-refractivity contribution < 1.29 is 14.6 Å². The van der Waals surface area contributed by atoms with Crippen LogP contribution in [-0.2, 0) is 4.79 Å². The van der Waals surface area contributed by atoms with Crippen molar-refractivity contribution in [1.29, 1.82) is 0 Å². The predicted molar refractivity (Wildman–Crippen MR) is 71.5 cm³/mol. The summed E-state index contributed by atoms with van der Waals surface area (Å²) in [6.07, 6.45) is 0.964. The van der Waals surface area contributed by atoms with E-state index in [1.54, 1.807) is 0 Å². The van der Waals surface area contributed by atoms with Gasteiger partial charge < -0.3 is 15.2 Å². The van der Waals surface area contributed by atoms with Crippen LogP contribution in [0, 0.1) is 0 Å². The Morgan fingerprint density at radius 2 is 2.39 bits per heavy atom. The number of hydrogen-bond donors (Lipinski definition) is 2. The summed E-state index contributed by atoms with van der Waals surface area (Å²) >= 11 is 1.42. The van der Waals surface area contributed by atoms with Gasteiger partial charge in [-0.05, 0) is 24.6 Å². The Morgan fingerprint density at radius 1 is 1.56 bits per heavy atom. The molecule has 0 fully saturated rings. The van der Waals surface area contributed by atoms with Gasteiger partial charge in [0.15, 0.2) is 5.13 Å². The number of carboxylic acid groups (broad SMARTS) is 1. The third kappa shape index (κ3) is 3.10. The number of ether oxygens (including phenoxy) is 1. The molecule has 2 rings (SSSR count).